The van der Waals surface area contributed by atoms with Crippen LogP contribution in [0.15, 0.2) is 4.90 Å². The second kappa shape index (κ2) is 4.09. The van der Waals surface area contributed by atoms with E-state index in [1.165, 1.54) is 0 Å². The molecule has 0 atom stereocenters. The Hall–Kier alpha value is -1.24. The summed E-state index contributed by atoms with van der Waals surface area (Å²) in [6, 6.07) is 0. The minimum Gasteiger partial charge on any atom is -0.465 e. The van der Waals surface area contributed by atoms with E-state index < -0.39 is 39.7 Å². The Balaban J connectivity index is 3.60. The lowest BCUT2D eigenvalue weighted by Gasteiger charge is -2.06. The third-order valence-electron chi connectivity index (χ3n) is 1.63. The lowest BCUT2D eigenvalue weighted by atomic mass is 10.2. The normalized spacial score (nSPS) is 10.3. The van der Waals surface area contributed by atoms with Crippen LogP contribution in [0.5, 0.6) is 0 Å². The topological polar surface area (TPSA) is 26.3 Å². The molecule has 1 aromatic rings. The fraction of sp³-hybridized carbons (Fsp3) is 0.125. The SMILES string of the molecule is COC(=O)c1c(F)c(F)c(S)c(F)c1F. The maximum absolute atomic E-state index is 13.0. The second-order valence-corrected chi connectivity index (χ2v) is 2.92. The average Bonchev–Trinajstić information content (AvgIpc) is 2.23. The van der Waals surface area contributed by atoms with Gasteiger partial charge in [0, 0.05) is 0 Å². The molecule has 15 heavy (non-hydrogen) atoms. The molecule has 1 rings (SSSR count). The van der Waals surface area contributed by atoms with Crippen molar-refractivity contribution in [3.8, 4) is 0 Å². The van der Waals surface area contributed by atoms with Crippen molar-refractivity contribution in [2.75, 3.05) is 7.11 Å². The van der Waals surface area contributed by atoms with E-state index >= 15 is 0 Å². The number of benzene rings is 1. The Morgan fingerprint density at radius 1 is 1.07 bits per heavy atom. The Bertz CT molecular complexity index is 404. The smallest absolute Gasteiger partial charge is 0.344 e. The molecule has 0 N–H and O–H groups in total. The van der Waals surface area contributed by atoms with Gasteiger partial charge in [0.1, 0.15) is 5.56 Å². The van der Waals surface area contributed by atoms with Crippen molar-refractivity contribution in [1.29, 1.82) is 0 Å². The number of hydrogen-bond donors (Lipinski definition) is 1. The molecule has 0 radical (unpaired) electrons. The van der Waals surface area contributed by atoms with Gasteiger partial charge in [-0.2, -0.15) is 0 Å². The van der Waals surface area contributed by atoms with Gasteiger partial charge in [0.2, 0.25) is 0 Å². The monoisotopic (exact) mass is 240 g/mol. The highest BCUT2D eigenvalue weighted by Gasteiger charge is 2.28. The van der Waals surface area contributed by atoms with Crippen LogP contribution in [-0.4, -0.2) is 13.1 Å². The number of carbonyl (C=O) groups excluding carboxylic acids is 1. The molecular weight excluding hydrogens is 236 g/mol. The van der Waals surface area contributed by atoms with E-state index in [1.807, 2.05) is 0 Å². The zero-order valence-corrected chi connectivity index (χ0v) is 8.17. The number of carbonyl (C=O) groups is 1. The highest BCUT2D eigenvalue weighted by molar-refractivity contribution is 7.80. The molecular formula is C8H4F4O2S. The molecule has 0 heterocycles. The molecule has 0 unspecified atom stereocenters. The van der Waals surface area contributed by atoms with E-state index in [9.17, 15) is 22.4 Å². The van der Waals surface area contributed by atoms with Crippen molar-refractivity contribution >= 4 is 18.6 Å². The molecule has 2 nitrogen and oxygen atoms in total. The standard InChI is InChI=1S/C8H4F4O2S/c1-14-8(13)2-3(9)5(11)7(15)6(12)4(2)10/h15H,1H3. The fourth-order valence-electron chi connectivity index (χ4n) is 0.901. The van der Waals surface area contributed by atoms with Gasteiger partial charge in [-0.05, 0) is 0 Å². The fourth-order valence-corrected chi connectivity index (χ4v) is 1.10. The van der Waals surface area contributed by atoms with Crippen LogP contribution in [0.25, 0.3) is 0 Å². The molecule has 7 heteroatoms. The molecule has 0 fully saturated rings. The second-order valence-electron chi connectivity index (χ2n) is 2.47. The molecule has 0 saturated heterocycles. The van der Waals surface area contributed by atoms with E-state index in [-0.39, 0.29) is 0 Å². The number of halogens is 4. The largest absolute Gasteiger partial charge is 0.465 e. The van der Waals surface area contributed by atoms with E-state index in [0.717, 1.165) is 7.11 Å². The molecule has 0 amide bonds. The van der Waals surface area contributed by atoms with Crippen LogP contribution < -0.4 is 0 Å². The molecule has 0 bridgehead atoms. The number of esters is 1. The van der Waals surface area contributed by atoms with Crippen LogP contribution in [-0.2, 0) is 4.74 Å². The lowest BCUT2D eigenvalue weighted by Crippen LogP contribution is -2.12. The van der Waals surface area contributed by atoms with Gasteiger partial charge in [-0.3, -0.25) is 0 Å². The number of hydrogen-bond acceptors (Lipinski definition) is 3. The Morgan fingerprint density at radius 2 is 1.47 bits per heavy atom. The van der Waals surface area contributed by atoms with Crippen molar-refractivity contribution in [2.45, 2.75) is 4.90 Å². The predicted octanol–water partition coefficient (Wildman–Crippen LogP) is 2.32. The molecule has 0 aliphatic rings. The first kappa shape index (κ1) is 11.8. The van der Waals surface area contributed by atoms with Gasteiger partial charge < -0.3 is 4.74 Å². The van der Waals surface area contributed by atoms with Crippen molar-refractivity contribution in [3.63, 3.8) is 0 Å². The quantitative estimate of drug-likeness (QED) is 0.353. The van der Waals surface area contributed by atoms with Gasteiger partial charge in [0.05, 0.1) is 12.0 Å². The van der Waals surface area contributed by atoms with Gasteiger partial charge in [0.25, 0.3) is 0 Å². The molecule has 1 aromatic carbocycles. The molecule has 0 aromatic heterocycles. The van der Waals surface area contributed by atoms with Gasteiger partial charge in [-0.1, -0.05) is 0 Å². The van der Waals surface area contributed by atoms with Gasteiger partial charge in [-0.25, -0.2) is 22.4 Å². The first-order chi connectivity index (χ1) is 6.91. The Labute approximate surface area is 87.3 Å². The number of ether oxygens (including phenoxy) is 1. The summed E-state index contributed by atoms with van der Waals surface area (Å²) in [5, 5.41) is 0. The zero-order chi connectivity index (χ0) is 11.7. The third kappa shape index (κ3) is 1.79. The minimum atomic E-state index is -1.83. The van der Waals surface area contributed by atoms with Crippen molar-refractivity contribution < 1.29 is 27.1 Å². The highest BCUT2D eigenvalue weighted by atomic mass is 32.1. The zero-order valence-electron chi connectivity index (χ0n) is 7.28. The predicted molar refractivity (Wildman–Crippen MR) is 44.9 cm³/mol. The van der Waals surface area contributed by atoms with Crippen molar-refractivity contribution in [3.05, 3.63) is 28.8 Å². The highest BCUT2D eigenvalue weighted by Crippen LogP contribution is 2.26. The van der Waals surface area contributed by atoms with Crippen molar-refractivity contribution in [1.82, 2.24) is 0 Å². The van der Waals surface area contributed by atoms with E-state index in [2.05, 4.69) is 17.4 Å². The molecule has 0 saturated carbocycles. The summed E-state index contributed by atoms with van der Waals surface area (Å²) in [4.78, 5) is 9.68. The van der Waals surface area contributed by atoms with Crippen LogP contribution in [0.1, 0.15) is 10.4 Å². The maximum Gasteiger partial charge on any atom is 0.344 e. The van der Waals surface area contributed by atoms with Gasteiger partial charge in [0.15, 0.2) is 23.3 Å². The van der Waals surface area contributed by atoms with Crippen LogP contribution in [0, 0.1) is 23.3 Å². The number of rotatable bonds is 1. The molecule has 82 valence electrons. The summed E-state index contributed by atoms with van der Waals surface area (Å²) in [6.07, 6.45) is 0. The van der Waals surface area contributed by atoms with Crippen LogP contribution >= 0.6 is 12.6 Å². The van der Waals surface area contributed by atoms with E-state index in [0.29, 0.717) is 0 Å². The van der Waals surface area contributed by atoms with E-state index in [1.54, 1.807) is 0 Å². The Kier molecular flexibility index (Phi) is 3.23. The molecule has 0 aliphatic carbocycles. The summed E-state index contributed by atoms with van der Waals surface area (Å²) in [6.45, 7) is 0. The summed E-state index contributed by atoms with van der Waals surface area (Å²) in [5.74, 6) is -8.64. The molecule has 0 spiro atoms. The summed E-state index contributed by atoms with van der Waals surface area (Å²) in [5.41, 5.74) is -1.41. The van der Waals surface area contributed by atoms with Crippen LogP contribution in [0.3, 0.4) is 0 Å². The maximum atomic E-state index is 13.0. The molecule has 0 aliphatic heterocycles. The number of thiol groups is 1. The average molecular weight is 240 g/mol. The summed E-state index contributed by atoms with van der Waals surface area (Å²) >= 11 is 3.21. The van der Waals surface area contributed by atoms with Crippen LogP contribution in [0.2, 0.25) is 0 Å². The number of methoxy groups -OCH3 is 1. The van der Waals surface area contributed by atoms with E-state index in [4.69, 9.17) is 0 Å². The van der Waals surface area contributed by atoms with Gasteiger partial charge >= 0.3 is 5.97 Å². The summed E-state index contributed by atoms with van der Waals surface area (Å²) < 4.78 is 55.7. The third-order valence-corrected chi connectivity index (χ3v) is 2.02. The Morgan fingerprint density at radius 3 is 1.80 bits per heavy atom. The minimum absolute atomic E-state index is 0.825. The van der Waals surface area contributed by atoms with Crippen LogP contribution in [0.4, 0.5) is 17.6 Å². The first-order valence-corrected chi connectivity index (χ1v) is 3.99. The van der Waals surface area contributed by atoms with Crippen molar-refractivity contribution in [2.24, 2.45) is 0 Å². The first-order valence-electron chi connectivity index (χ1n) is 3.55. The lowest BCUT2D eigenvalue weighted by molar-refractivity contribution is 0.0586. The van der Waals surface area contributed by atoms with Gasteiger partial charge in [-0.15, -0.1) is 12.6 Å². The summed E-state index contributed by atoms with van der Waals surface area (Å²) in [7, 11) is 0.825.